The van der Waals surface area contributed by atoms with Gasteiger partial charge in [-0.25, -0.2) is 0 Å². The molecule has 3 unspecified atom stereocenters. The minimum absolute atomic E-state index is 0.0401. The summed E-state index contributed by atoms with van der Waals surface area (Å²) in [4.78, 5) is 21.3. The molecule has 3 atom stereocenters. The number of nitrogens with zero attached hydrogens (tertiary/aromatic N) is 2. The first-order valence-electron chi connectivity index (χ1n) is 13.1. The van der Waals surface area contributed by atoms with Crippen LogP contribution in [0, 0.1) is 5.92 Å². The van der Waals surface area contributed by atoms with Crippen molar-refractivity contribution >= 4 is 28.6 Å². The number of nitrogens with one attached hydrogen (secondary N) is 1. The second-order valence-corrected chi connectivity index (χ2v) is 9.67. The van der Waals surface area contributed by atoms with Crippen LogP contribution in [0.1, 0.15) is 49.8 Å². The zero-order chi connectivity index (χ0) is 25.9. The number of carbonyl (C=O) groups excluding carboxylic acids is 1. The third-order valence-electron chi connectivity index (χ3n) is 7.68. The molecule has 1 saturated carbocycles. The highest BCUT2D eigenvalue weighted by Crippen LogP contribution is 2.45. The average molecular weight is 498 g/mol. The van der Waals surface area contributed by atoms with Gasteiger partial charge in [0.25, 0.3) is 0 Å². The van der Waals surface area contributed by atoms with Crippen molar-refractivity contribution in [1.82, 2.24) is 0 Å². The Morgan fingerprint density at radius 1 is 0.892 bits per heavy atom. The lowest BCUT2D eigenvalue weighted by atomic mass is 9.72. The Labute approximate surface area is 219 Å². The second kappa shape index (κ2) is 10.7. The topological polar surface area (TPSA) is 63.2 Å². The minimum atomic E-state index is -0.317. The molecule has 1 heterocycles. The molecule has 0 spiro atoms. The average Bonchev–Trinajstić information content (AvgIpc) is 3.10. The van der Waals surface area contributed by atoms with E-state index in [1.165, 1.54) is 5.69 Å². The van der Waals surface area contributed by atoms with E-state index < -0.39 is 0 Å². The standard InChI is InChI=1S/C31H35N3O3/c1-5-34(6-2)23-14-11-20(12-15-23)31-30-26(32-24-9-7-8-10-25(24)33-31)17-22(18-27(30)35)21-13-16-28(36-3)29(19-21)37-4/h7-16,19,22,30-31,33H,5-6,17-18H2,1-4H3. The van der Waals surface area contributed by atoms with Crippen molar-refractivity contribution in [2.75, 3.05) is 37.5 Å². The van der Waals surface area contributed by atoms with E-state index in [1.807, 2.05) is 42.5 Å². The molecule has 0 radical (unpaired) electrons. The number of benzene rings is 3. The number of anilines is 2. The molecule has 1 aliphatic heterocycles. The number of para-hydroxylation sites is 2. The monoisotopic (exact) mass is 497 g/mol. The molecule has 0 aromatic heterocycles. The maximum absolute atomic E-state index is 13.9. The molecule has 192 valence electrons. The quantitative estimate of drug-likeness (QED) is 0.401. The minimum Gasteiger partial charge on any atom is -0.493 e. The van der Waals surface area contributed by atoms with Gasteiger partial charge in [-0.15, -0.1) is 0 Å². The molecule has 3 aromatic carbocycles. The molecule has 37 heavy (non-hydrogen) atoms. The number of methoxy groups -OCH3 is 2. The molecule has 1 fully saturated rings. The number of aliphatic imine (C=N–C) groups is 1. The Morgan fingerprint density at radius 2 is 1.59 bits per heavy atom. The molecule has 2 aliphatic rings. The van der Waals surface area contributed by atoms with E-state index >= 15 is 0 Å². The molecule has 1 aliphatic carbocycles. The molecule has 0 amide bonds. The summed E-state index contributed by atoms with van der Waals surface area (Å²) in [6.07, 6.45) is 1.18. The van der Waals surface area contributed by atoms with Crippen LogP contribution in [0.2, 0.25) is 0 Å². The first kappa shape index (κ1) is 24.9. The Morgan fingerprint density at radius 3 is 2.30 bits per heavy atom. The molecule has 5 rings (SSSR count). The van der Waals surface area contributed by atoms with E-state index in [0.717, 1.165) is 47.7 Å². The number of carbonyl (C=O) groups is 1. The number of hydrogen-bond acceptors (Lipinski definition) is 6. The summed E-state index contributed by atoms with van der Waals surface area (Å²) >= 11 is 0. The van der Waals surface area contributed by atoms with Crippen LogP contribution in [0.15, 0.2) is 71.7 Å². The second-order valence-electron chi connectivity index (χ2n) is 9.67. The van der Waals surface area contributed by atoms with Gasteiger partial charge in [0.15, 0.2) is 11.5 Å². The number of rotatable bonds is 7. The summed E-state index contributed by atoms with van der Waals surface area (Å²) in [5, 5.41) is 3.68. The summed E-state index contributed by atoms with van der Waals surface area (Å²) < 4.78 is 10.9. The molecular weight excluding hydrogens is 462 g/mol. The summed E-state index contributed by atoms with van der Waals surface area (Å²) in [6.45, 7) is 6.25. The van der Waals surface area contributed by atoms with Gasteiger partial charge in [0.05, 0.1) is 37.6 Å². The Bertz CT molecular complexity index is 1300. The lowest BCUT2D eigenvalue weighted by Crippen LogP contribution is -2.38. The fraction of sp³-hybridized carbons (Fsp3) is 0.355. The largest absolute Gasteiger partial charge is 0.493 e. The lowest BCUT2D eigenvalue weighted by Gasteiger charge is -2.34. The number of fused-ring (bicyclic) bond motifs is 2. The van der Waals surface area contributed by atoms with Gasteiger partial charge in [-0.2, -0.15) is 0 Å². The summed E-state index contributed by atoms with van der Waals surface area (Å²) in [5.74, 6) is 1.30. The molecule has 1 N–H and O–H groups in total. The van der Waals surface area contributed by atoms with Crippen molar-refractivity contribution in [3.8, 4) is 11.5 Å². The van der Waals surface area contributed by atoms with Gasteiger partial charge in [-0.3, -0.25) is 9.79 Å². The number of Topliss-reactive ketones (excluding diaryl/α,β-unsaturated/α-hetero) is 1. The van der Waals surface area contributed by atoms with Crippen LogP contribution in [0.25, 0.3) is 0 Å². The van der Waals surface area contributed by atoms with Gasteiger partial charge in [0, 0.05) is 30.9 Å². The van der Waals surface area contributed by atoms with Gasteiger partial charge < -0.3 is 19.7 Å². The number of ketones is 1. The number of ether oxygens (including phenoxy) is 2. The van der Waals surface area contributed by atoms with Crippen molar-refractivity contribution in [3.63, 3.8) is 0 Å². The van der Waals surface area contributed by atoms with Crippen LogP contribution in [0.3, 0.4) is 0 Å². The van der Waals surface area contributed by atoms with Gasteiger partial charge >= 0.3 is 0 Å². The molecule has 6 heteroatoms. The molecule has 0 bridgehead atoms. The Balaban J connectivity index is 1.52. The zero-order valence-electron chi connectivity index (χ0n) is 22.0. The predicted octanol–water partition coefficient (Wildman–Crippen LogP) is 6.55. The van der Waals surface area contributed by atoms with Crippen molar-refractivity contribution in [2.24, 2.45) is 10.9 Å². The van der Waals surface area contributed by atoms with Gasteiger partial charge in [0.1, 0.15) is 5.78 Å². The van der Waals surface area contributed by atoms with Crippen LogP contribution in [-0.4, -0.2) is 38.8 Å². The van der Waals surface area contributed by atoms with Crippen LogP contribution >= 0.6 is 0 Å². The molecular formula is C31H35N3O3. The molecule has 3 aromatic rings. The van der Waals surface area contributed by atoms with E-state index in [4.69, 9.17) is 14.5 Å². The highest BCUT2D eigenvalue weighted by molar-refractivity contribution is 6.10. The van der Waals surface area contributed by atoms with Gasteiger partial charge in [-0.05, 0) is 73.7 Å². The maximum atomic E-state index is 13.9. The van der Waals surface area contributed by atoms with Crippen molar-refractivity contribution in [3.05, 3.63) is 77.9 Å². The third-order valence-corrected chi connectivity index (χ3v) is 7.68. The molecule has 0 saturated heterocycles. The highest BCUT2D eigenvalue weighted by Gasteiger charge is 2.41. The van der Waals surface area contributed by atoms with E-state index in [-0.39, 0.29) is 23.7 Å². The van der Waals surface area contributed by atoms with Crippen LogP contribution in [-0.2, 0) is 4.79 Å². The summed E-state index contributed by atoms with van der Waals surface area (Å²) in [6, 6.07) is 22.5. The molecule has 6 nitrogen and oxygen atoms in total. The smallest absolute Gasteiger partial charge is 0.160 e. The first-order valence-corrected chi connectivity index (χ1v) is 13.1. The maximum Gasteiger partial charge on any atom is 0.160 e. The summed E-state index contributed by atoms with van der Waals surface area (Å²) in [7, 11) is 3.27. The number of hydrogen-bond donors (Lipinski definition) is 1. The van der Waals surface area contributed by atoms with Crippen molar-refractivity contribution in [2.45, 2.75) is 38.6 Å². The normalized spacial score (nSPS) is 20.6. The Kier molecular flexibility index (Phi) is 7.17. The van der Waals surface area contributed by atoms with Gasteiger partial charge in [0.2, 0.25) is 0 Å². The first-order chi connectivity index (χ1) is 18.1. The van der Waals surface area contributed by atoms with Gasteiger partial charge in [-0.1, -0.05) is 30.3 Å². The lowest BCUT2D eigenvalue weighted by molar-refractivity contribution is -0.122. The van der Waals surface area contributed by atoms with E-state index in [9.17, 15) is 4.79 Å². The highest BCUT2D eigenvalue weighted by atomic mass is 16.5. The van der Waals surface area contributed by atoms with Crippen LogP contribution < -0.4 is 19.7 Å². The van der Waals surface area contributed by atoms with Crippen LogP contribution in [0.5, 0.6) is 11.5 Å². The fourth-order valence-corrected chi connectivity index (χ4v) is 5.70. The fourth-order valence-electron chi connectivity index (χ4n) is 5.70. The van der Waals surface area contributed by atoms with E-state index in [2.05, 4.69) is 48.3 Å². The predicted molar refractivity (Wildman–Crippen MR) is 150 cm³/mol. The SMILES string of the molecule is CCN(CC)c1ccc(C2Nc3ccccc3N=C3CC(c4ccc(OC)c(OC)c4)CC(=O)C32)cc1. The van der Waals surface area contributed by atoms with E-state index in [1.54, 1.807) is 14.2 Å². The van der Waals surface area contributed by atoms with Crippen molar-refractivity contribution < 1.29 is 14.3 Å². The Hall–Kier alpha value is -3.80. The summed E-state index contributed by atoms with van der Waals surface area (Å²) in [5.41, 5.74) is 6.13. The van der Waals surface area contributed by atoms with Crippen molar-refractivity contribution in [1.29, 1.82) is 0 Å². The van der Waals surface area contributed by atoms with E-state index in [0.29, 0.717) is 17.9 Å². The zero-order valence-corrected chi connectivity index (χ0v) is 22.0. The van der Waals surface area contributed by atoms with Crippen LogP contribution in [0.4, 0.5) is 17.1 Å². The third kappa shape index (κ3) is 4.80.